The Morgan fingerprint density at radius 3 is 2.76 bits per heavy atom. The molecule has 1 amide bonds. The van der Waals surface area contributed by atoms with E-state index in [-0.39, 0.29) is 5.91 Å². The van der Waals surface area contributed by atoms with Gasteiger partial charge in [-0.25, -0.2) is 0 Å². The van der Waals surface area contributed by atoms with Crippen molar-refractivity contribution < 1.29 is 4.79 Å². The Bertz CT molecular complexity index is 385. The molecule has 3 nitrogen and oxygen atoms in total. The van der Waals surface area contributed by atoms with E-state index in [2.05, 4.69) is 48.6 Å². The molecular weight excluding hydrogens is 368 g/mol. The van der Waals surface area contributed by atoms with Crippen molar-refractivity contribution in [2.45, 2.75) is 19.4 Å². The van der Waals surface area contributed by atoms with E-state index in [9.17, 15) is 4.79 Å². The number of carbonyl (C=O) groups is 1. The summed E-state index contributed by atoms with van der Waals surface area (Å²) in [6, 6.07) is 2.10. The minimum absolute atomic E-state index is 0.216. The number of nitrogens with one attached hydrogen (secondary N) is 2. The van der Waals surface area contributed by atoms with Crippen molar-refractivity contribution in [3.8, 4) is 0 Å². The number of carbonyl (C=O) groups excluding carboxylic acids is 1. The molecule has 2 rings (SSSR count). The molecule has 1 aliphatic rings. The zero-order valence-electron chi connectivity index (χ0n) is 9.26. The van der Waals surface area contributed by atoms with E-state index >= 15 is 0 Å². The maximum absolute atomic E-state index is 11.3. The second-order valence-electron chi connectivity index (χ2n) is 4.08. The fourth-order valence-corrected chi connectivity index (χ4v) is 3.60. The molecule has 0 bridgehead atoms. The molecule has 6 heteroatoms. The fraction of sp³-hybridized carbons (Fsp3) is 0.545. The Morgan fingerprint density at radius 1 is 1.41 bits per heavy atom. The first kappa shape index (κ1) is 13.5. The van der Waals surface area contributed by atoms with E-state index in [1.165, 1.54) is 4.88 Å². The predicted octanol–water partition coefficient (Wildman–Crippen LogP) is 2.89. The lowest BCUT2D eigenvalue weighted by atomic mass is 10.4. The molecule has 0 saturated heterocycles. The van der Waals surface area contributed by atoms with Gasteiger partial charge in [0, 0.05) is 34.9 Å². The summed E-state index contributed by atoms with van der Waals surface area (Å²) in [7, 11) is 0. The molecule has 0 radical (unpaired) electrons. The third kappa shape index (κ3) is 4.35. The van der Waals surface area contributed by atoms with E-state index in [1.807, 2.05) is 0 Å². The molecule has 0 aromatic carbocycles. The van der Waals surface area contributed by atoms with Crippen molar-refractivity contribution >= 4 is 49.1 Å². The maximum Gasteiger partial charge on any atom is 0.223 e. The van der Waals surface area contributed by atoms with Crippen LogP contribution in [0.1, 0.15) is 17.7 Å². The summed E-state index contributed by atoms with van der Waals surface area (Å²) in [4.78, 5) is 12.6. The van der Waals surface area contributed by atoms with Crippen LogP contribution in [-0.4, -0.2) is 19.0 Å². The van der Waals surface area contributed by atoms with Gasteiger partial charge >= 0.3 is 0 Å². The van der Waals surface area contributed by atoms with Gasteiger partial charge in [-0.3, -0.25) is 4.79 Å². The van der Waals surface area contributed by atoms with Gasteiger partial charge in [0.15, 0.2) is 0 Å². The van der Waals surface area contributed by atoms with Crippen LogP contribution in [0.4, 0.5) is 0 Å². The molecule has 2 N–H and O–H groups in total. The van der Waals surface area contributed by atoms with Gasteiger partial charge in [-0.2, -0.15) is 0 Å². The second-order valence-corrected chi connectivity index (χ2v) is 7.39. The zero-order chi connectivity index (χ0) is 12.3. The van der Waals surface area contributed by atoms with Crippen molar-refractivity contribution in [3.05, 3.63) is 19.2 Å². The van der Waals surface area contributed by atoms with E-state index in [4.69, 9.17) is 0 Å². The van der Waals surface area contributed by atoms with Crippen LogP contribution in [0.2, 0.25) is 0 Å². The van der Waals surface area contributed by atoms with Gasteiger partial charge in [-0.15, -0.1) is 11.3 Å². The van der Waals surface area contributed by atoms with Crippen LogP contribution in [0.5, 0.6) is 0 Å². The lowest BCUT2D eigenvalue weighted by molar-refractivity contribution is -0.122. The normalized spacial score (nSPS) is 14.9. The number of hydrogen-bond donors (Lipinski definition) is 2. The predicted molar refractivity (Wildman–Crippen MR) is 77.2 cm³/mol. The Balaban J connectivity index is 1.58. The number of hydrogen-bond acceptors (Lipinski definition) is 3. The largest absolute Gasteiger partial charge is 0.355 e. The Kier molecular flexibility index (Phi) is 5.02. The smallest absolute Gasteiger partial charge is 0.223 e. The molecule has 0 aliphatic heterocycles. The van der Waals surface area contributed by atoms with Crippen molar-refractivity contribution in [1.82, 2.24) is 10.6 Å². The first-order chi connectivity index (χ1) is 8.16. The van der Waals surface area contributed by atoms with E-state index < -0.39 is 0 Å². The lowest BCUT2D eigenvalue weighted by Gasteiger charge is -2.05. The van der Waals surface area contributed by atoms with Gasteiger partial charge in [0.05, 0.1) is 3.79 Å². The van der Waals surface area contributed by atoms with E-state index in [0.29, 0.717) is 12.5 Å². The SMILES string of the molecule is O=C(NCCNCc1cc(Br)c(Br)s1)C1CC1. The summed E-state index contributed by atoms with van der Waals surface area (Å²) in [6.45, 7) is 2.36. The standard InChI is InChI=1S/C11H14Br2N2OS/c12-9-5-8(17-10(9)13)6-14-3-4-15-11(16)7-1-2-7/h5,7,14H,1-4,6H2,(H,15,16). The van der Waals surface area contributed by atoms with Crippen LogP contribution in [0.3, 0.4) is 0 Å². The highest BCUT2D eigenvalue weighted by atomic mass is 79.9. The number of rotatable bonds is 6. The highest BCUT2D eigenvalue weighted by molar-refractivity contribution is 9.13. The van der Waals surface area contributed by atoms with Gasteiger partial charge in [-0.05, 0) is 50.8 Å². The third-order valence-electron chi connectivity index (χ3n) is 2.54. The highest BCUT2D eigenvalue weighted by Crippen LogP contribution is 2.32. The first-order valence-corrected chi connectivity index (χ1v) is 7.99. The van der Waals surface area contributed by atoms with Crippen molar-refractivity contribution in [3.63, 3.8) is 0 Å². The summed E-state index contributed by atoms with van der Waals surface area (Å²) in [5.74, 6) is 0.521. The molecule has 0 spiro atoms. The minimum Gasteiger partial charge on any atom is -0.355 e. The monoisotopic (exact) mass is 380 g/mol. The zero-order valence-corrected chi connectivity index (χ0v) is 13.3. The molecule has 1 fully saturated rings. The molecule has 1 aromatic heterocycles. The Morgan fingerprint density at radius 2 is 2.18 bits per heavy atom. The van der Waals surface area contributed by atoms with Crippen LogP contribution < -0.4 is 10.6 Å². The minimum atomic E-state index is 0.216. The van der Waals surface area contributed by atoms with Crippen LogP contribution in [-0.2, 0) is 11.3 Å². The van der Waals surface area contributed by atoms with Crippen LogP contribution >= 0.6 is 43.2 Å². The van der Waals surface area contributed by atoms with Crippen LogP contribution in [0.15, 0.2) is 14.3 Å². The Hall–Kier alpha value is 0.0900. The third-order valence-corrected chi connectivity index (χ3v) is 5.80. The molecule has 94 valence electrons. The summed E-state index contributed by atoms with van der Waals surface area (Å²) in [5.41, 5.74) is 0. The molecule has 1 saturated carbocycles. The summed E-state index contributed by atoms with van der Waals surface area (Å²) in [6.07, 6.45) is 2.13. The lowest BCUT2D eigenvalue weighted by Crippen LogP contribution is -2.32. The van der Waals surface area contributed by atoms with Crippen molar-refractivity contribution in [2.24, 2.45) is 5.92 Å². The molecule has 1 heterocycles. The van der Waals surface area contributed by atoms with Crippen LogP contribution in [0.25, 0.3) is 0 Å². The van der Waals surface area contributed by atoms with Crippen LogP contribution in [0, 0.1) is 5.92 Å². The summed E-state index contributed by atoms with van der Waals surface area (Å²) >= 11 is 8.64. The molecule has 0 unspecified atom stereocenters. The Labute approximate surface area is 122 Å². The number of halogens is 2. The van der Waals surface area contributed by atoms with Crippen molar-refractivity contribution in [1.29, 1.82) is 0 Å². The molecule has 1 aromatic rings. The van der Waals surface area contributed by atoms with Gasteiger partial charge in [0.1, 0.15) is 0 Å². The quantitative estimate of drug-likeness (QED) is 0.744. The average molecular weight is 382 g/mol. The molecule has 1 aliphatic carbocycles. The van der Waals surface area contributed by atoms with Gasteiger partial charge in [0.2, 0.25) is 5.91 Å². The van der Waals surface area contributed by atoms with E-state index in [0.717, 1.165) is 34.2 Å². The highest BCUT2D eigenvalue weighted by Gasteiger charge is 2.28. The molecular formula is C11H14Br2N2OS. The fourth-order valence-electron chi connectivity index (χ4n) is 1.45. The van der Waals surface area contributed by atoms with Gasteiger partial charge < -0.3 is 10.6 Å². The summed E-state index contributed by atoms with van der Waals surface area (Å²) in [5, 5.41) is 6.24. The number of amides is 1. The summed E-state index contributed by atoms with van der Waals surface area (Å²) < 4.78 is 2.22. The van der Waals surface area contributed by atoms with Gasteiger partial charge in [-0.1, -0.05) is 0 Å². The topological polar surface area (TPSA) is 41.1 Å². The van der Waals surface area contributed by atoms with Crippen molar-refractivity contribution in [2.75, 3.05) is 13.1 Å². The van der Waals surface area contributed by atoms with E-state index in [1.54, 1.807) is 11.3 Å². The molecule has 0 atom stereocenters. The number of thiophene rings is 1. The second kappa shape index (κ2) is 6.31. The van der Waals surface area contributed by atoms with Gasteiger partial charge in [0.25, 0.3) is 0 Å². The molecule has 17 heavy (non-hydrogen) atoms. The first-order valence-electron chi connectivity index (χ1n) is 5.59. The average Bonchev–Trinajstić information content (AvgIpc) is 3.07. The maximum atomic E-state index is 11.3.